The van der Waals surface area contributed by atoms with Crippen LogP contribution in [0.25, 0.3) is 0 Å². The van der Waals surface area contributed by atoms with E-state index in [2.05, 4.69) is 4.90 Å². The van der Waals surface area contributed by atoms with Crippen molar-refractivity contribution in [3.05, 3.63) is 64.4 Å². The molecule has 0 aliphatic carbocycles. The Morgan fingerprint density at radius 1 is 1.28 bits per heavy atom. The Bertz CT molecular complexity index is 708. The molecule has 0 saturated carbocycles. The molecule has 134 valence electrons. The van der Waals surface area contributed by atoms with Crippen LogP contribution in [0.4, 0.5) is 4.39 Å². The van der Waals surface area contributed by atoms with Gasteiger partial charge in [0.1, 0.15) is 18.2 Å². The molecular weight excluding hydrogens is 343 g/mol. The Morgan fingerprint density at radius 2 is 2.08 bits per heavy atom. The Hall–Kier alpha value is -1.66. The zero-order valence-electron chi connectivity index (χ0n) is 13.9. The van der Waals surface area contributed by atoms with Crippen molar-refractivity contribution >= 4 is 11.6 Å². The van der Waals surface area contributed by atoms with Gasteiger partial charge in [0.15, 0.2) is 0 Å². The molecule has 1 heterocycles. The second kappa shape index (κ2) is 8.15. The first-order valence-corrected chi connectivity index (χ1v) is 8.71. The van der Waals surface area contributed by atoms with Gasteiger partial charge >= 0.3 is 0 Å². The molecule has 0 aromatic heterocycles. The molecule has 25 heavy (non-hydrogen) atoms. The number of piperidine rings is 1. The molecule has 3 rings (SSSR count). The van der Waals surface area contributed by atoms with E-state index >= 15 is 0 Å². The fourth-order valence-electron chi connectivity index (χ4n) is 2.98. The standard InChI is InChI=1S/C19H22ClFN2O2/c20-16-5-2-6-17(21)15(16)12-25-14-4-1-3-13(9-14)10-23-8-7-18(22)19(24)11-23/h1-6,9,18-19,24H,7-8,10-12,22H2/t18-,19-/m1/s1. The first-order valence-electron chi connectivity index (χ1n) is 8.33. The maximum Gasteiger partial charge on any atom is 0.131 e. The van der Waals surface area contributed by atoms with E-state index in [0.29, 0.717) is 29.4 Å². The largest absolute Gasteiger partial charge is 0.489 e. The summed E-state index contributed by atoms with van der Waals surface area (Å²) < 4.78 is 19.5. The third-order valence-electron chi connectivity index (χ3n) is 4.47. The highest BCUT2D eigenvalue weighted by Crippen LogP contribution is 2.23. The van der Waals surface area contributed by atoms with E-state index in [0.717, 1.165) is 18.5 Å². The smallest absolute Gasteiger partial charge is 0.131 e. The van der Waals surface area contributed by atoms with Crippen LogP contribution < -0.4 is 10.5 Å². The number of β-amino-alcohol motifs (C(OH)–C–C–N with tert-alkyl or cyclic N) is 1. The number of hydrogen-bond acceptors (Lipinski definition) is 4. The molecule has 0 spiro atoms. The van der Waals surface area contributed by atoms with Crippen molar-refractivity contribution in [1.29, 1.82) is 0 Å². The van der Waals surface area contributed by atoms with Crippen molar-refractivity contribution in [3.8, 4) is 5.75 Å². The highest BCUT2D eigenvalue weighted by atomic mass is 35.5. The monoisotopic (exact) mass is 364 g/mol. The lowest BCUT2D eigenvalue weighted by molar-refractivity contribution is 0.0499. The van der Waals surface area contributed by atoms with Gasteiger partial charge < -0.3 is 15.6 Å². The van der Waals surface area contributed by atoms with E-state index in [9.17, 15) is 9.50 Å². The molecule has 0 amide bonds. The molecule has 1 saturated heterocycles. The summed E-state index contributed by atoms with van der Waals surface area (Å²) in [6.07, 6.45) is 0.291. The number of ether oxygens (including phenoxy) is 1. The zero-order valence-corrected chi connectivity index (χ0v) is 14.6. The van der Waals surface area contributed by atoms with Gasteiger partial charge in [-0.15, -0.1) is 0 Å². The van der Waals surface area contributed by atoms with Crippen molar-refractivity contribution in [2.24, 2.45) is 5.73 Å². The number of aliphatic hydroxyl groups is 1. The van der Waals surface area contributed by atoms with E-state index in [-0.39, 0.29) is 18.5 Å². The lowest BCUT2D eigenvalue weighted by Crippen LogP contribution is -2.50. The van der Waals surface area contributed by atoms with Crippen molar-refractivity contribution in [1.82, 2.24) is 4.90 Å². The van der Waals surface area contributed by atoms with Crippen LogP contribution in [0.3, 0.4) is 0 Å². The third-order valence-corrected chi connectivity index (χ3v) is 4.82. The van der Waals surface area contributed by atoms with E-state index in [1.807, 2.05) is 24.3 Å². The van der Waals surface area contributed by atoms with Crippen LogP contribution in [0.5, 0.6) is 5.75 Å². The molecular formula is C19H22ClFN2O2. The van der Waals surface area contributed by atoms with Crippen LogP contribution in [0.15, 0.2) is 42.5 Å². The average molecular weight is 365 g/mol. The predicted octanol–water partition coefficient (Wildman–Crippen LogP) is 2.95. The van der Waals surface area contributed by atoms with Gasteiger partial charge in [-0.05, 0) is 36.2 Å². The lowest BCUT2D eigenvalue weighted by Gasteiger charge is -2.34. The summed E-state index contributed by atoms with van der Waals surface area (Å²) in [6, 6.07) is 12.1. The van der Waals surface area contributed by atoms with Gasteiger partial charge in [-0.2, -0.15) is 0 Å². The van der Waals surface area contributed by atoms with Gasteiger partial charge in [0.25, 0.3) is 0 Å². The van der Waals surface area contributed by atoms with Crippen molar-refractivity contribution in [3.63, 3.8) is 0 Å². The van der Waals surface area contributed by atoms with Crippen molar-refractivity contribution in [2.75, 3.05) is 13.1 Å². The van der Waals surface area contributed by atoms with Gasteiger partial charge in [-0.25, -0.2) is 4.39 Å². The minimum absolute atomic E-state index is 0.0756. The van der Waals surface area contributed by atoms with Gasteiger partial charge in [0.05, 0.1) is 11.1 Å². The second-order valence-corrected chi connectivity index (χ2v) is 6.80. The Labute approximate surface area is 152 Å². The molecule has 2 aromatic carbocycles. The number of nitrogens with two attached hydrogens (primary N) is 1. The van der Waals surface area contributed by atoms with Crippen LogP contribution >= 0.6 is 11.6 Å². The number of nitrogens with zero attached hydrogens (tertiary/aromatic N) is 1. The highest BCUT2D eigenvalue weighted by Gasteiger charge is 2.24. The van der Waals surface area contributed by atoms with Crippen LogP contribution in [0, 0.1) is 5.82 Å². The van der Waals surface area contributed by atoms with Crippen molar-refractivity contribution in [2.45, 2.75) is 31.7 Å². The van der Waals surface area contributed by atoms with Crippen LogP contribution in [-0.4, -0.2) is 35.2 Å². The summed E-state index contributed by atoms with van der Waals surface area (Å²) in [4.78, 5) is 2.17. The van der Waals surface area contributed by atoms with Crippen LogP contribution in [-0.2, 0) is 13.2 Å². The van der Waals surface area contributed by atoms with Gasteiger partial charge in [-0.3, -0.25) is 4.90 Å². The Kier molecular flexibility index (Phi) is 5.91. The number of halogens is 2. The van der Waals surface area contributed by atoms with E-state index in [1.165, 1.54) is 6.07 Å². The zero-order chi connectivity index (χ0) is 17.8. The summed E-state index contributed by atoms with van der Waals surface area (Å²) in [7, 11) is 0. The molecule has 1 aliphatic rings. The number of rotatable bonds is 5. The second-order valence-electron chi connectivity index (χ2n) is 6.39. The number of hydrogen-bond donors (Lipinski definition) is 2. The molecule has 0 radical (unpaired) electrons. The predicted molar refractivity (Wildman–Crippen MR) is 96.1 cm³/mol. The summed E-state index contributed by atoms with van der Waals surface area (Å²) in [5.74, 6) is 0.286. The molecule has 0 bridgehead atoms. The SMILES string of the molecule is N[C@@H]1CCN(Cc2cccc(OCc3c(F)cccc3Cl)c2)C[C@H]1O. The maximum atomic E-state index is 13.8. The number of likely N-dealkylation sites (tertiary alicyclic amines) is 1. The highest BCUT2D eigenvalue weighted by molar-refractivity contribution is 6.31. The summed E-state index contributed by atoms with van der Waals surface area (Å²) >= 11 is 6.02. The fraction of sp³-hybridized carbons (Fsp3) is 0.368. The third kappa shape index (κ3) is 4.70. The summed E-state index contributed by atoms with van der Waals surface area (Å²) in [5, 5.41) is 10.3. The maximum absolute atomic E-state index is 13.8. The van der Waals surface area contributed by atoms with E-state index in [1.54, 1.807) is 12.1 Å². The molecule has 4 nitrogen and oxygen atoms in total. The topological polar surface area (TPSA) is 58.7 Å². The summed E-state index contributed by atoms with van der Waals surface area (Å²) in [5.41, 5.74) is 7.26. The van der Waals surface area contributed by atoms with Gasteiger partial charge in [-0.1, -0.05) is 29.8 Å². The minimum Gasteiger partial charge on any atom is -0.489 e. The molecule has 1 fully saturated rings. The average Bonchev–Trinajstić information content (AvgIpc) is 2.58. The minimum atomic E-state index is -0.489. The molecule has 6 heteroatoms. The van der Waals surface area contributed by atoms with Gasteiger partial charge in [0.2, 0.25) is 0 Å². The Morgan fingerprint density at radius 3 is 2.84 bits per heavy atom. The first kappa shape index (κ1) is 18.1. The summed E-state index contributed by atoms with van der Waals surface area (Å²) in [6.45, 7) is 2.21. The van der Waals surface area contributed by atoms with E-state index < -0.39 is 6.10 Å². The Balaban J connectivity index is 1.62. The molecule has 3 N–H and O–H groups in total. The van der Waals surface area contributed by atoms with Crippen LogP contribution in [0.2, 0.25) is 5.02 Å². The normalized spacial score (nSPS) is 21.3. The number of benzene rings is 2. The molecule has 1 aliphatic heterocycles. The van der Waals surface area contributed by atoms with E-state index in [4.69, 9.17) is 22.1 Å². The van der Waals surface area contributed by atoms with Crippen molar-refractivity contribution < 1.29 is 14.2 Å². The molecule has 2 atom stereocenters. The van der Waals surface area contributed by atoms with Gasteiger partial charge in [0, 0.05) is 31.2 Å². The quantitative estimate of drug-likeness (QED) is 0.856. The molecule has 0 unspecified atom stereocenters. The number of aliphatic hydroxyl groups excluding tert-OH is 1. The lowest BCUT2D eigenvalue weighted by atomic mass is 10.0. The molecule has 2 aromatic rings. The first-order chi connectivity index (χ1) is 12.0. The fourth-order valence-corrected chi connectivity index (χ4v) is 3.19. The van der Waals surface area contributed by atoms with Crippen LogP contribution in [0.1, 0.15) is 17.5 Å².